The number of nitrogens with one attached hydrogen (secondary N) is 1. The lowest BCUT2D eigenvalue weighted by Gasteiger charge is -2.29. The highest BCUT2D eigenvalue weighted by Gasteiger charge is 2.52. The Kier molecular flexibility index (Phi) is 6.95. The summed E-state index contributed by atoms with van der Waals surface area (Å²) in [5, 5.41) is 2.84. The summed E-state index contributed by atoms with van der Waals surface area (Å²) in [5.74, 6) is -0.951. The molecule has 3 N–H and O–H groups in total. The summed E-state index contributed by atoms with van der Waals surface area (Å²) < 4.78 is 0.502. The van der Waals surface area contributed by atoms with Crippen molar-refractivity contribution < 1.29 is 19.2 Å². The van der Waals surface area contributed by atoms with E-state index in [1.54, 1.807) is 41.3 Å². The summed E-state index contributed by atoms with van der Waals surface area (Å²) in [6, 6.07) is 7.91. The fraction of sp³-hybridized carbons (Fsp3) is 0.417. The minimum absolute atomic E-state index is 0.0416. The van der Waals surface area contributed by atoms with Crippen LogP contribution in [0.4, 0.5) is 5.69 Å². The van der Waals surface area contributed by atoms with Gasteiger partial charge in [-0.05, 0) is 55.2 Å². The fourth-order valence-electron chi connectivity index (χ4n) is 4.68. The largest absolute Gasteiger partial charge is 0.399 e. The number of nitrogens with two attached hydrogens (primary N) is 1. The molecule has 180 valence electrons. The van der Waals surface area contributed by atoms with Crippen LogP contribution < -0.4 is 11.1 Å². The van der Waals surface area contributed by atoms with Crippen molar-refractivity contribution >= 4 is 52.1 Å². The van der Waals surface area contributed by atoms with Gasteiger partial charge in [-0.1, -0.05) is 25.4 Å². The SMILES string of the molecule is CC(C)CC(NC(=O)c1ccc(N)cc1)C(=O)N1CCC2C1C(=O)CN2C(=O)c1ccc(Cl)s1. The highest BCUT2D eigenvalue weighted by molar-refractivity contribution is 7.18. The predicted molar refractivity (Wildman–Crippen MR) is 131 cm³/mol. The molecule has 2 aliphatic heterocycles. The molecule has 3 heterocycles. The molecule has 3 unspecified atom stereocenters. The van der Waals surface area contributed by atoms with Gasteiger partial charge < -0.3 is 20.9 Å². The van der Waals surface area contributed by atoms with Gasteiger partial charge in [-0.3, -0.25) is 19.2 Å². The standard InChI is InChI=1S/C24H27ClN4O4S/c1-13(2)11-16(27-22(31)14-3-5-15(26)6-4-14)23(32)28-10-9-17-21(28)18(30)12-29(17)24(33)19-7-8-20(25)34-19/h3-8,13,16-17,21H,9-12,26H2,1-2H3,(H,27,31). The third-order valence-electron chi connectivity index (χ3n) is 6.23. The van der Waals surface area contributed by atoms with E-state index in [1.165, 1.54) is 16.2 Å². The molecule has 0 bridgehead atoms. The molecule has 2 fully saturated rings. The molecule has 0 saturated carbocycles. The number of anilines is 1. The van der Waals surface area contributed by atoms with Crippen LogP contribution >= 0.6 is 22.9 Å². The van der Waals surface area contributed by atoms with Crippen LogP contribution in [-0.2, 0) is 9.59 Å². The number of Topliss-reactive ketones (excluding diaryl/α,β-unsaturated/α-hetero) is 1. The second-order valence-electron chi connectivity index (χ2n) is 9.11. The van der Waals surface area contributed by atoms with Crippen molar-refractivity contribution in [1.29, 1.82) is 0 Å². The molecule has 3 amide bonds. The monoisotopic (exact) mass is 502 g/mol. The zero-order valence-corrected chi connectivity index (χ0v) is 20.6. The number of fused-ring (bicyclic) bond motifs is 1. The Morgan fingerprint density at radius 3 is 2.47 bits per heavy atom. The van der Waals surface area contributed by atoms with Crippen molar-refractivity contribution in [3.05, 3.63) is 51.2 Å². The minimum Gasteiger partial charge on any atom is -0.399 e. The Morgan fingerprint density at radius 2 is 1.85 bits per heavy atom. The first-order valence-corrected chi connectivity index (χ1v) is 12.4. The number of ketones is 1. The van der Waals surface area contributed by atoms with Gasteiger partial charge in [0.1, 0.15) is 12.1 Å². The average molecular weight is 503 g/mol. The number of likely N-dealkylation sites (tertiary alicyclic amines) is 2. The highest BCUT2D eigenvalue weighted by Crippen LogP contribution is 2.33. The number of hydrogen-bond donors (Lipinski definition) is 2. The zero-order chi connectivity index (χ0) is 24.6. The van der Waals surface area contributed by atoms with Gasteiger partial charge in [-0.2, -0.15) is 0 Å². The van der Waals surface area contributed by atoms with Crippen LogP contribution in [0, 0.1) is 5.92 Å². The van der Waals surface area contributed by atoms with Gasteiger partial charge in [0.15, 0.2) is 5.78 Å². The lowest BCUT2D eigenvalue weighted by Crippen LogP contribution is -2.53. The summed E-state index contributed by atoms with van der Waals surface area (Å²) in [7, 11) is 0. The Bertz CT molecular complexity index is 1120. The van der Waals surface area contributed by atoms with Crippen molar-refractivity contribution in [1.82, 2.24) is 15.1 Å². The van der Waals surface area contributed by atoms with Gasteiger partial charge >= 0.3 is 0 Å². The normalized spacial score (nSPS) is 20.5. The number of hydrogen-bond acceptors (Lipinski definition) is 6. The molecule has 8 nitrogen and oxygen atoms in total. The molecule has 4 rings (SSSR count). The minimum atomic E-state index is -0.780. The molecule has 1 aromatic carbocycles. The number of nitrogen functional groups attached to an aromatic ring is 1. The summed E-state index contributed by atoms with van der Waals surface area (Å²) in [5.41, 5.74) is 6.64. The number of nitrogens with zero attached hydrogens (tertiary/aromatic N) is 2. The molecule has 2 aliphatic rings. The number of carbonyl (C=O) groups is 4. The highest BCUT2D eigenvalue weighted by atomic mass is 35.5. The Labute approximate surface area is 207 Å². The summed E-state index contributed by atoms with van der Waals surface area (Å²) in [4.78, 5) is 55.8. The fourth-order valence-corrected chi connectivity index (χ4v) is 5.68. The number of benzene rings is 1. The number of carbonyl (C=O) groups excluding carboxylic acids is 4. The number of amides is 3. The topological polar surface area (TPSA) is 113 Å². The molecule has 1 aromatic heterocycles. The van der Waals surface area contributed by atoms with Gasteiger partial charge in [-0.25, -0.2) is 0 Å². The van der Waals surface area contributed by atoms with Crippen molar-refractivity contribution in [3.8, 4) is 0 Å². The quantitative estimate of drug-likeness (QED) is 0.590. The molecular weight excluding hydrogens is 476 g/mol. The molecule has 3 atom stereocenters. The van der Waals surface area contributed by atoms with Crippen LogP contribution in [0.15, 0.2) is 36.4 Å². The van der Waals surface area contributed by atoms with Gasteiger partial charge in [0, 0.05) is 17.8 Å². The third kappa shape index (κ3) is 4.81. The smallest absolute Gasteiger partial charge is 0.264 e. The van der Waals surface area contributed by atoms with E-state index in [1.807, 2.05) is 13.8 Å². The molecule has 2 aromatic rings. The molecule has 34 heavy (non-hydrogen) atoms. The first kappa shape index (κ1) is 24.2. The van der Waals surface area contributed by atoms with E-state index in [4.69, 9.17) is 17.3 Å². The second kappa shape index (κ2) is 9.76. The molecule has 0 radical (unpaired) electrons. The van der Waals surface area contributed by atoms with E-state index < -0.39 is 12.1 Å². The molecular formula is C24H27ClN4O4S. The van der Waals surface area contributed by atoms with Crippen molar-refractivity contribution in [3.63, 3.8) is 0 Å². The van der Waals surface area contributed by atoms with Crippen LogP contribution in [0.25, 0.3) is 0 Å². The lowest BCUT2D eigenvalue weighted by molar-refractivity contribution is -0.138. The Hall–Kier alpha value is -2.91. The van der Waals surface area contributed by atoms with Crippen molar-refractivity contribution in [2.75, 3.05) is 18.8 Å². The number of thiophene rings is 1. The number of halogens is 1. The predicted octanol–water partition coefficient (Wildman–Crippen LogP) is 2.82. The first-order valence-electron chi connectivity index (χ1n) is 11.2. The maximum Gasteiger partial charge on any atom is 0.264 e. The lowest BCUT2D eigenvalue weighted by atomic mass is 10.0. The van der Waals surface area contributed by atoms with E-state index in [2.05, 4.69) is 5.32 Å². The summed E-state index contributed by atoms with van der Waals surface area (Å²) >= 11 is 7.14. The van der Waals surface area contributed by atoms with Crippen molar-refractivity contribution in [2.24, 2.45) is 5.92 Å². The maximum absolute atomic E-state index is 13.6. The van der Waals surface area contributed by atoms with Gasteiger partial charge in [0.05, 0.1) is 21.8 Å². The molecule has 0 aliphatic carbocycles. The summed E-state index contributed by atoms with van der Waals surface area (Å²) in [6.07, 6.45) is 0.936. The van der Waals surface area contributed by atoms with Crippen LogP contribution in [0.5, 0.6) is 0 Å². The Morgan fingerprint density at radius 1 is 1.15 bits per heavy atom. The molecule has 2 saturated heterocycles. The van der Waals surface area contributed by atoms with E-state index in [9.17, 15) is 19.2 Å². The zero-order valence-electron chi connectivity index (χ0n) is 19.0. The third-order valence-corrected chi connectivity index (χ3v) is 7.45. The number of rotatable bonds is 6. The first-order chi connectivity index (χ1) is 16.2. The Balaban J connectivity index is 1.51. The van der Waals surface area contributed by atoms with Gasteiger partial charge in [0.25, 0.3) is 11.8 Å². The maximum atomic E-state index is 13.6. The van der Waals surface area contributed by atoms with Crippen LogP contribution in [-0.4, -0.2) is 64.5 Å². The van der Waals surface area contributed by atoms with Crippen LogP contribution in [0.2, 0.25) is 4.34 Å². The molecule has 0 spiro atoms. The molecule has 10 heteroatoms. The van der Waals surface area contributed by atoms with Crippen LogP contribution in [0.1, 0.15) is 46.7 Å². The average Bonchev–Trinajstić information content (AvgIpc) is 3.49. The van der Waals surface area contributed by atoms with Gasteiger partial charge in [-0.15, -0.1) is 11.3 Å². The van der Waals surface area contributed by atoms with Crippen LogP contribution in [0.3, 0.4) is 0 Å². The van der Waals surface area contributed by atoms with E-state index in [0.29, 0.717) is 39.9 Å². The van der Waals surface area contributed by atoms with E-state index in [-0.39, 0.29) is 42.0 Å². The van der Waals surface area contributed by atoms with Gasteiger partial charge in [0.2, 0.25) is 5.91 Å². The summed E-state index contributed by atoms with van der Waals surface area (Å²) in [6.45, 7) is 4.24. The van der Waals surface area contributed by atoms with E-state index >= 15 is 0 Å². The van der Waals surface area contributed by atoms with Crippen molar-refractivity contribution in [2.45, 2.75) is 44.8 Å². The second-order valence-corrected chi connectivity index (χ2v) is 10.8. The van der Waals surface area contributed by atoms with E-state index in [0.717, 1.165) is 0 Å².